The SMILES string of the molecule is CCCCCCCOC(=O)CC(CN)OC. The molecule has 96 valence electrons. The summed E-state index contributed by atoms with van der Waals surface area (Å²) < 4.78 is 10.1. The van der Waals surface area contributed by atoms with E-state index in [1.54, 1.807) is 7.11 Å². The van der Waals surface area contributed by atoms with Gasteiger partial charge in [0, 0.05) is 13.7 Å². The highest BCUT2D eigenvalue weighted by molar-refractivity contribution is 5.69. The van der Waals surface area contributed by atoms with Crippen LogP contribution in [0.3, 0.4) is 0 Å². The zero-order valence-electron chi connectivity index (χ0n) is 10.5. The van der Waals surface area contributed by atoms with E-state index in [2.05, 4.69) is 6.92 Å². The lowest BCUT2D eigenvalue weighted by Crippen LogP contribution is -2.26. The molecule has 0 fully saturated rings. The summed E-state index contributed by atoms with van der Waals surface area (Å²) in [5, 5.41) is 0. The number of carbonyl (C=O) groups is 1. The first kappa shape index (κ1) is 15.4. The van der Waals surface area contributed by atoms with Gasteiger partial charge in [-0.1, -0.05) is 32.6 Å². The molecule has 0 spiro atoms. The normalized spacial score (nSPS) is 12.4. The highest BCUT2D eigenvalue weighted by Gasteiger charge is 2.11. The Morgan fingerprint density at radius 3 is 2.50 bits per heavy atom. The van der Waals surface area contributed by atoms with E-state index in [1.165, 1.54) is 19.3 Å². The number of carbonyl (C=O) groups excluding carboxylic acids is 1. The summed E-state index contributed by atoms with van der Waals surface area (Å²) >= 11 is 0. The molecule has 0 saturated heterocycles. The third kappa shape index (κ3) is 8.68. The summed E-state index contributed by atoms with van der Waals surface area (Å²) in [6.45, 7) is 3.05. The lowest BCUT2D eigenvalue weighted by molar-refractivity contribution is -0.146. The Morgan fingerprint density at radius 1 is 1.25 bits per heavy atom. The Bertz CT molecular complexity index is 170. The van der Waals surface area contributed by atoms with Crippen LogP contribution < -0.4 is 5.73 Å². The fourth-order valence-electron chi connectivity index (χ4n) is 1.40. The third-order valence-corrected chi connectivity index (χ3v) is 2.50. The fraction of sp³-hybridized carbons (Fsp3) is 0.917. The Labute approximate surface area is 98.5 Å². The monoisotopic (exact) mass is 231 g/mol. The molecule has 0 rings (SSSR count). The molecule has 0 aromatic rings. The van der Waals surface area contributed by atoms with Gasteiger partial charge >= 0.3 is 5.97 Å². The van der Waals surface area contributed by atoms with Crippen molar-refractivity contribution in [2.24, 2.45) is 5.73 Å². The van der Waals surface area contributed by atoms with Gasteiger partial charge in [-0.05, 0) is 6.42 Å². The molecule has 0 heterocycles. The number of hydrogen-bond acceptors (Lipinski definition) is 4. The average molecular weight is 231 g/mol. The molecule has 0 bridgehead atoms. The van der Waals surface area contributed by atoms with E-state index < -0.39 is 0 Å². The second kappa shape index (κ2) is 10.9. The first-order valence-electron chi connectivity index (χ1n) is 6.13. The van der Waals surface area contributed by atoms with Crippen molar-refractivity contribution >= 4 is 5.97 Å². The minimum atomic E-state index is -0.215. The topological polar surface area (TPSA) is 61.5 Å². The van der Waals surface area contributed by atoms with E-state index in [0.717, 1.165) is 12.8 Å². The van der Waals surface area contributed by atoms with Crippen molar-refractivity contribution < 1.29 is 14.3 Å². The van der Waals surface area contributed by atoms with Crippen molar-refractivity contribution in [3.05, 3.63) is 0 Å². The van der Waals surface area contributed by atoms with Crippen LogP contribution in [0.25, 0.3) is 0 Å². The van der Waals surface area contributed by atoms with Crippen molar-refractivity contribution in [3.63, 3.8) is 0 Å². The van der Waals surface area contributed by atoms with E-state index in [0.29, 0.717) is 13.2 Å². The molecule has 4 nitrogen and oxygen atoms in total. The fourth-order valence-corrected chi connectivity index (χ4v) is 1.40. The second-order valence-electron chi connectivity index (χ2n) is 3.93. The molecule has 0 radical (unpaired) electrons. The Morgan fingerprint density at radius 2 is 1.94 bits per heavy atom. The molecule has 1 unspecified atom stereocenters. The van der Waals surface area contributed by atoms with E-state index in [9.17, 15) is 4.79 Å². The highest BCUT2D eigenvalue weighted by Crippen LogP contribution is 2.03. The average Bonchev–Trinajstić information content (AvgIpc) is 2.30. The molecule has 0 aliphatic heterocycles. The van der Waals surface area contributed by atoms with Crippen LogP contribution in [0.2, 0.25) is 0 Å². The number of methoxy groups -OCH3 is 1. The van der Waals surface area contributed by atoms with Gasteiger partial charge in [-0.2, -0.15) is 0 Å². The summed E-state index contributed by atoms with van der Waals surface area (Å²) in [7, 11) is 1.55. The van der Waals surface area contributed by atoms with Crippen LogP contribution in [0.15, 0.2) is 0 Å². The standard InChI is InChI=1S/C12H25NO3/c1-3-4-5-6-7-8-16-12(14)9-11(10-13)15-2/h11H,3-10,13H2,1-2H3. The molecule has 0 amide bonds. The van der Waals surface area contributed by atoms with Gasteiger partial charge in [-0.15, -0.1) is 0 Å². The van der Waals surface area contributed by atoms with Crippen molar-refractivity contribution in [2.45, 2.75) is 51.6 Å². The van der Waals surface area contributed by atoms with Crippen molar-refractivity contribution in [1.29, 1.82) is 0 Å². The van der Waals surface area contributed by atoms with Gasteiger partial charge in [0.05, 0.1) is 19.1 Å². The quantitative estimate of drug-likeness (QED) is 0.460. The second-order valence-corrected chi connectivity index (χ2v) is 3.93. The Hall–Kier alpha value is -0.610. The Balaban J connectivity index is 3.36. The maximum atomic E-state index is 11.3. The number of nitrogens with two attached hydrogens (primary N) is 1. The van der Waals surface area contributed by atoms with Gasteiger partial charge in [0.15, 0.2) is 0 Å². The number of hydrogen-bond donors (Lipinski definition) is 1. The molecule has 1 atom stereocenters. The zero-order valence-corrected chi connectivity index (χ0v) is 10.5. The largest absolute Gasteiger partial charge is 0.466 e. The van der Waals surface area contributed by atoms with Gasteiger partial charge < -0.3 is 15.2 Å². The van der Waals surface area contributed by atoms with Crippen molar-refractivity contribution in [2.75, 3.05) is 20.3 Å². The maximum absolute atomic E-state index is 11.3. The molecule has 0 aromatic carbocycles. The maximum Gasteiger partial charge on any atom is 0.308 e. The minimum Gasteiger partial charge on any atom is -0.466 e. The van der Waals surface area contributed by atoms with Gasteiger partial charge in [0.2, 0.25) is 0 Å². The van der Waals surface area contributed by atoms with E-state index in [4.69, 9.17) is 15.2 Å². The third-order valence-electron chi connectivity index (χ3n) is 2.50. The summed E-state index contributed by atoms with van der Waals surface area (Å²) in [5.41, 5.74) is 5.41. The van der Waals surface area contributed by atoms with Crippen LogP contribution in [0, 0.1) is 0 Å². The van der Waals surface area contributed by atoms with Gasteiger partial charge in [0.25, 0.3) is 0 Å². The van der Waals surface area contributed by atoms with E-state index in [-0.39, 0.29) is 18.5 Å². The van der Waals surface area contributed by atoms with Crippen LogP contribution in [0.1, 0.15) is 45.4 Å². The van der Waals surface area contributed by atoms with Gasteiger partial charge in [-0.3, -0.25) is 4.79 Å². The van der Waals surface area contributed by atoms with Crippen LogP contribution in [-0.2, 0) is 14.3 Å². The smallest absolute Gasteiger partial charge is 0.308 e. The molecule has 0 saturated carbocycles. The van der Waals surface area contributed by atoms with Gasteiger partial charge in [0.1, 0.15) is 0 Å². The molecule has 0 aliphatic rings. The first-order chi connectivity index (χ1) is 7.74. The lowest BCUT2D eigenvalue weighted by atomic mass is 10.2. The molecule has 0 aromatic heterocycles. The number of unbranched alkanes of at least 4 members (excludes halogenated alkanes) is 4. The molecule has 16 heavy (non-hydrogen) atoms. The predicted octanol–water partition coefficient (Wildman–Crippen LogP) is 1.86. The lowest BCUT2D eigenvalue weighted by Gasteiger charge is -2.11. The van der Waals surface area contributed by atoms with Crippen molar-refractivity contribution in [1.82, 2.24) is 0 Å². The summed E-state index contributed by atoms with van der Waals surface area (Å²) in [4.78, 5) is 11.3. The van der Waals surface area contributed by atoms with Crippen LogP contribution in [0.5, 0.6) is 0 Å². The van der Waals surface area contributed by atoms with E-state index in [1.807, 2.05) is 0 Å². The van der Waals surface area contributed by atoms with Crippen LogP contribution in [-0.4, -0.2) is 32.3 Å². The molecule has 0 aliphatic carbocycles. The first-order valence-corrected chi connectivity index (χ1v) is 6.13. The van der Waals surface area contributed by atoms with E-state index >= 15 is 0 Å². The minimum absolute atomic E-state index is 0.215. The summed E-state index contributed by atoms with van der Waals surface area (Å²) in [6.07, 6.45) is 5.82. The molecular weight excluding hydrogens is 206 g/mol. The highest BCUT2D eigenvalue weighted by atomic mass is 16.5. The summed E-state index contributed by atoms with van der Waals surface area (Å²) in [5.74, 6) is -0.215. The Kier molecular flexibility index (Phi) is 10.5. The number of esters is 1. The predicted molar refractivity (Wildman–Crippen MR) is 64.2 cm³/mol. The number of rotatable bonds is 10. The molecule has 2 N–H and O–H groups in total. The molecular formula is C12H25NO3. The summed E-state index contributed by atoms with van der Waals surface area (Å²) in [6, 6.07) is 0. The van der Waals surface area contributed by atoms with Crippen LogP contribution in [0.4, 0.5) is 0 Å². The molecule has 4 heteroatoms. The van der Waals surface area contributed by atoms with Crippen LogP contribution >= 0.6 is 0 Å². The van der Waals surface area contributed by atoms with Crippen molar-refractivity contribution in [3.8, 4) is 0 Å². The zero-order chi connectivity index (χ0) is 12.2. The van der Waals surface area contributed by atoms with Gasteiger partial charge in [-0.25, -0.2) is 0 Å². The number of ether oxygens (including phenoxy) is 2.